The van der Waals surface area contributed by atoms with Crippen molar-refractivity contribution in [2.45, 2.75) is 13.0 Å². The van der Waals surface area contributed by atoms with E-state index in [1.165, 1.54) is 0 Å². The van der Waals surface area contributed by atoms with Crippen molar-refractivity contribution in [3.63, 3.8) is 0 Å². The van der Waals surface area contributed by atoms with E-state index in [1.54, 1.807) is 25.1 Å². The van der Waals surface area contributed by atoms with E-state index < -0.39 is 12.1 Å². The largest absolute Gasteiger partial charge is 0.478 e. The Morgan fingerprint density at radius 2 is 1.75 bits per heavy atom. The predicted molar refractivity (Wildman–Crippen MR) is 76.6 cm³/mol. The van der Waals surface area contributed by atoms with Crippen LogP contribution in [0.25, 0.3) is 5.57 Å². The molecule has 1 aliphatic rings. The summed E-state index contributed by atoms with van der Waals surface area (Å²) in [6.07, 6.45) is 1.15. The molecule has 3 nitrogen and oxygen atoms in total. The molecule has 2 aromatic carbocycles. The molecule has 0 spiro atoms. The Balaban J connectivity index is 2.19. The van der Waals surface area contributed by atoms with Gasteiger partial charge in [-0.05, 0) is 46.9 Å². The van der Waals surface area contributed by atoms with E-state index >= 15 is 0 Å². The molecule has 0 aromatic heterocycles. The Morgan fingerprint density at radius 3 is 2.50 bits per heavy atom. The average Bonchev–Trinajstić information content (AvgIpc) is 2.77. The molecule has 3 rings (SSSR count). The minimum atomic E-state index is -0.934. The zero-order valence-corrected chi connectivity index (χ0v) is 11.0. The van der Waals surface area contributed by atoms with Gasteiger partial charge in [-0.25, -0.2) is 4.79 Å². The second-order valence-corrected chi connectivity index (χ2v) is 4.90. The van der Waals surface area contributed by atoms with Gasteiger partial charge in [0, 0.05) is 0 Å². The van der Waals surface area contributed by atoms with Crippen LogP contribution in [0.2, 0.25) is 0 Å². The Bertz CT molecular complexity index is 729. The van der Waals surface area contributed by atoms with Crippen molar-refractivity contribution in [3.05, 3.63) is 76.4 Å². The molecule has 2 N–H and O–H groups in total. The van der Waals surface area contributed by atoms with Gasteiger partial charge in [0.05, 0.1) is 11.7 Å². The van der Waals surface area contributed by atoms with E-state index in [-0.39, 0.29) is 0 Å². The van der Waals surface area contributed by atoms with Crippen LogP contribution in [0.1, 0.15) is 38.7 Å². The first-order valence-corrected chi connectivity index (χ1v) is 6.42. The summed E-state index contributed by atoms with van der Waals surface area (Å²) in [4.78, 5) is 11.2. The lowest BCUT2D eigenvalue weighted by molar-refractivity contribution is 0.0696. The van der Waals surface area contributed by atoms with Crippen molar-refractivity contribution in [1.29, 1.82) is 0 Å². The minimum absolute atomic E-state index is 0.294. The molecule has 0 fully saturated rings. The third-order valence-electron chi connectivity index (χ3n) is 3.75. The van der Waals surface area contributed by atoms with E-state index in [0.717, 1.165) is 27.8 Å². The lowest BCUT2D eigenvalue weighted by Crippen LogP contribution is -2.02. The Kier molecular flexibility index (Phi) is 2.92. The quantitative estimate of drug-likeness (QED) is 0.877. The second-order valence-electron chi connectivity index (χ2n) is 4.90. The van der Waals surface area contributed by atoms with Gasteiger partial charge in [-0.15, -0.1) is 0 Å². The van der Waals surface area contributed by atoms with Crippen molar-refractivity contribution in [3.8, 4) is 0 Å². The highest BCUT2D eigenvalue weighted by Gasteiger charge is 2.23. The maximum atomic E-state index is 11.2. The molecule has 1 atom stereocenters. The molecule has 2 aromatic rings. The standard InChI is InChI=1S/C17H14O3/c1-10-11(7-4-8-12(10)17(19)20)15-9-16(18)14-6-3-2-5-13(14)15/h2-9,16,18H,1H3,(H,19,20). The Morgan fingerprint density at radius 1 is 1.05 bits per heavy atom. The van der Waals surface area contributed by atoms with Crippen molar-refractivity contribution < 1.29 is 15.0 Å². The van der Waals surface area contributed by atoms with Crippen LogP contribution in [-0.2, 0) is 0 Å². The van der Waals surface area contributed by atoms with E-state index in [4.69, 9.17) is 0 Å². The number of aliphatic hydroxyl groups excluding tert-OH is 1. The zero-order chi connectivity index (χ0) is 14.3. The maximum absolute atomic E-state index is 11.2. The first-order valence-electron chi connectivity index (χ1n) is 6.42. The molecular weight excluding hydrogens is 252 g/mol. The maximum Gasteiger partial charge on any atom is 0.335 e. The van der Waals surface area contributed by atoms with Crippen LogP contribution in [0, 0.1) is 6.92 Å². The zero-order valence-electron chi connectivity index (χ0n) is 11.0. The van der Waals surface area contributed by atoms with Gasteiger partial charge in [0.2, 0.25) is 0 Å². The molecule has 1 aliphatic carbocycles. The molecule has 0 saturated heterocycles. The highest BCUT2D eigenvalue weighted by atomic mass is 16.4. The lowest BCUT2D eigenvalue weighted by atomic mass is 9.93. The van der Waals surface area contributed by atoms with Gasteiger partial charge in [0.25, 0.3) is 0 Å². The predicted octanol–water partition coefficient (Wildman–Crippen LogP) is 3.17. The van der Waals surface area contributed by atoms with Crippen LogP contribution < -0.4 is 0 Å². The van der Waals surface area contributed by atoms with Crippen LogP contribution in [0.15, 0.2) is 48.5 Å². The summed E-state index contributed by atoms with van der Waals surface area (Å²) < 4.78 is 0. The van der Waals surface area contributed by atoms with Crippen molar-refractivity contribution in [1.82, 2.24) is 0 Å². The van der Waals surface area contributed by atoms with E-state index in [9.17, 15) is 15.0 Å². The number of hydrogen-bond acceptors (Lipinski definition) is 2. The first kappa shape index (κ1) is 12.6. The first-order chi connectivity index (χ1) is 9.59. The molecule has 0 amide bonds. The molecule has 20 heavy (non-hydrogen) atoms. The minimum Gasteiger partial charge on any atom is -0.478 e. The summed E-state index contributed by atoms with van der Waals surface area (Å²) in [6, 6.07) is 12.9. The highest BCUT2D eigenvalue weighted by Crippen LogP contribution is 2.39. The average molecular weight is 266 g/mol. The lowest BCUT2D eigenvalue weighted by Gasteiger charge is -2.11. The van der Waals surface area contributed by atoms with Crippen LogP contribution >= 0.6 is 0 Å². The molecule has 0 saturated carbocycles. The molecule has 0 aliphatic heterocycles. The number of carboxylic acids is 1. The van der Waals surface area contributed by atoms with Crippen molar-refractivity contribution in [2.24, 2.45) is 0 Å². The Labute approximate surface area is 116 Å². The highest BCUT2D eigenvalue weighted by molar-refractivity contribution is 5.94. The van der Waals surface area contributed by atoms with Gasteiger partial charge >= 0.3 is 5.97 Å². The van der Waals surface area contributed by atoms with Gasteiger partial charge in [0.15, 0.2) is 0 Å². The summed E-state index contributed by atoms with van der Waals surface area (Å²) in [5.74, 6) is -0.934. The monoisotopic (exact) mass is 266 g/mol. The van der Waals surface area contributed by atoms with Crippen LogP contribution in [0.5, 0.6) is 0 Å². The fourth-order valence-corrected chi connectivity index (χ4v) is 2.73. The van der Waals surface area contributed by atoms with Gasteiger partial charge in [0.1, 0.15) is 0 Å². The third-order valence-corrected chi connectivity index (χ3v) is 3.75. The number of fused-ring (bicyclic) bond motifs is 1. The van der Waals surface area contributed by atoms with E-state index in [2.05, 4.69) is 0 Å². The molecule has 3 heteroatoms. The second kappa shape index (κ2) is 4.62. The topological polar surface area (TPSA) is 57.5 Å². The smallest absolute Gasteiger partial charge is 0.335 e. The number of aliphatic hydroxyl groups is 1. The normalized spacial score (nSPS) is 16.7. The summed E-state index contributed by atoms with van der Waals surface area (Å²) in [5, 5.41) is 19.3. The summed E-state index contributed by atoms with van der Waals surface area (Å²) in [6.45, 7) is 1.80. The number of aromatic carboxylic acids is 1. The molecule has 0 heterocycles. The van der Waals surface area contributed by atoms with Crippen molar-refractivity contribution in [2.75, 3.05) is 0 Å². The summed E-state index contributed by atoms with van der Waals surface area (Å²) >= 11 is 0. The van der Waals surface area contributed by atoms with E-state index in [1.807, 2.05) is 30.3 Å². The SMILES string of the molecule is Cc1c(C(=O)O)cccc1C1=CC(O)c2ccccc21. The van der Waals surface area contributed by atoms with Gasteiger partial charge in [-0.1, -0.05) is 36.4 Å². The molecule has 100 valence electrons. The number of benzene rings is 2. The van der Waals surface area contributed by atoms with Gasteiger partial charge in [-0.2, -0.15) is 0 Å². The third kappa shape index (κ3) is 1.84. The number of carboxylic acid groups (broad SMARTS) is 1. The summed E-state index contributed by atoms with van der Waals surface area (Å²) in [5.41, 5.74) is 4.59. The fraction of sp³-hybridized carbons (Fsp3) is 0.118. The van der Waals surface area contributed by atoms with Crippen LogP contribution in [0.4, 0.5) is 0 Å². The van der Waals surface area contributed by atoms with Gasteiger partial charge < -0.3 is 10.2 Å². The number of hydrogen-bond donors (Lipinski definition) is 2. The van der Waals surface area contributed by atoms with E-state index in [0.29, 0.717) is 5.56 Å². The van der Waals surface area contributed by atoms with Crippen LogP contribution in [-0.4, -0.2) is 16.2 Å². The summed E-state index contributed by atoms with van der Waals surface area (Å²) in [7, 11) is 0. The van der Waals surface area contributed by atoms with Crippen LogP contribution in [0.3, 0.4) is 0 Å². The van der Waals surface area contributed by atoms with Crippen molar-refractivity contribution >= 4 is 11.5 Å². The fourth-order valence-electron chi connectivity index (χ4n) is 2.73. The van der Waals surface area contributed by atoms with Gasteiger partial charge in [-0.3, -0.25) is 0 Å². The Hall–Kier alpha value is -2.39. The number of carbonyl (C=O) groups is 1. The number of rotatable bonds is 2. The molecular formula is C17H14O3. The molecule has 1 unspecified atom stereocenters. The molecule has 0 radical (unpaired) electrons. The molecule has 0 bridgehead atoms.